The number of alkyl halides is 3. The third-order valence-electron chi connectivity index (χ3n) is 5.57. The van der Waals surface area contributed by atoms with E-state index in [4.69, 9.17) is 4.74 Å². The third-order valence-corrected chi connectivity index (χ3v) is 5.57. The number of nitrogens with one attached hydrogen (secondary N) is 2. The lowest BCUT2D eigenvalue weighted by Crippen LogP contribution is -2.36. The van der Waals surface area contributed by atoms with E-state index in [1.54, 1.807) is 6.07 Å². The number of H-pyrrole nitrogens is 2. The monoisotopic (exact) mass is 440 g/mol. The van der Waals surface area contributed by atoms with Crippen LogP contribution < -0.4 is 10.5 Å². The van der Waals surface area contributed by atoms with E-state index >= 15 is 0 Å². The second-order valence-electron chi connectivity index (χ2n) is 7.58. The molecule has 1 saturated heterocycles. The van der Waals surface area contributed by atoms with Crippen molar-refractivity contribution in [2.24, 2.45) is 0 Å². The van der Waals surface area contributed by atoms with Gasteiger partial charge in [-0.25, -0.2) is 4.98 Å². The minimum Gasteiger partial charge on any atom is -0.378 e. The normalized spacial score (nSPS) is 14.8. The molecule has 6 nitrogen and oxygen atoms in total. The molecule has 0 aliphatic carbocycles. The summed E-state index contributed by atoms with van der Waals surface area (Å²) < 4.78 is 46.8. The van der Waals surface area contributed by atoms with Gasteiger partial charge in [-0.2, -0.15) is 13.2 Å². The molecule has 1 aliphatic heterocycles. The predicted molar refractivity (Wildman–Crippen MR) is 116 cm³/mol. The molecule has 4 aromatic rings. The molecular weight excluding hydrogens is 421 g/mol. The Hall–Kier alpha value is -3.59. The Bertz CT molecular complexity index is 1320. The zero-order valence-corrected chi connectivity index (χ0v) is 16.9. The Balaban J connectivity index is 1.65. The molecule has 0 spiro atoms. The van der Waals surface area contributed by atoms with Crippen LogP contribution in [0.5, 0.6) is 0 Å². The first-order valence-corrected chi connectivity index (χ1v) is 10.1. The van der Waals surface area contributed by atoms with E-state index in [9.17, 15) is 18.0 Å². The highest BCUT2D eigenvalue weighted by Gasteiger charge is 2.35. The number of ether oxygens (including phenoxy) is 1. The second kappa shape index (κ2) is 7.83. The first-order chi connectivity index (χ1) is 15.4. The maximum atomic E-state index is 13.8. The average Bonchev–Trinajstić information content (AvgIpc) is 3.24. The first kappa shape index (κ1) is 20.3. The Kier molecular flexibility index (Phi) is 4.97. The summed E-state index contributed by atoms with van der Waals surface area (Å²) in [5, 5.41) is 0.332. The smallest absolute Gasteiger partial charge is 0.378 e. The number of halogens is 3. The van der Waals surface area contributed by atoms with Crippen LogP contribution >= 0.6 is 0 Å². The summed E-state index contributed by atoms with van der Waals surface area (Å²) in [5.74, 6) is 0. The summed E-state index contributed by atoms with van der Waals surface area (Å²) in [6.45, 7) is 2.87. The Labute approximate surface area is 180 Å². The van der Waals surface area contributed by atoms with E-state index in [0.717, 1.165) is 30.5 Å². The molecule has 0 amide bonds. The van der Waals surface area contributed by atoms with Gasteiger partial charge in [0.05, 0.1) is 18.8 Å². The van der Waals surface area contributed by atoms with Crippen LogP contribution in [0.25, 0.3) is 33.4 Å². The molecule has 1 aliphatic rings. The molecule has 1 aromatic carbocycles. The van der Waals surface area contributed by atoms with E-state index in [0.29, 0.717) is 29.9 Å². The molecule has 1 fully saturated rings. The van der Waals surface area contributed by atoms with Gasteiger partial charge in [0, 0.05) is 59.4 Å². The molecule has 5 rings (SSSR count). The van der Waals surface area contributed by atoms with E-state index in [2.05, 4.69) is 19.9 Å². The van der Waals surface area contributed by atoms with Crippen molar-refractivity contribution in [1.29, 1.82) is 0 Å². The topological polar surface area (TPSA) is 74.0 Å². The Morgan fingerprint density at radius 2 is 1.84 bits per heavy atom. The lowest BCUT2D eigenvalue weighted by Gasteiger charge is -2.29. The fourth-order valence-electron chi connectivity index (χ4n) is 4.01. The van der Waals surface area contributed by atoms with Crippen LogP contribution in [0.15, 0.2) is 59.7 Å². The van der Waals surface area contributed by atoms with Gasteiger partial charge in [0.1, 0.15) is 5.65 Å². The molecule has 0 atom stereocenters. The molecule has 0 bridgehead atoms. The molecular formula is C23H19F3N4O2. The minimum atomic E-state index is -4.60. The SMILES string of the molecule is O=c1ccc(-c2c(C(F)(F)F)cnc3[nH]c(-c4cccc(N5CCOCC5)c4)cc23)c[nH]1. The quantitative estimate of drug-likeness (QED) is 0.494. The van der Waals surface area contributed by atoms with Crippen molar-refractivity contribution >= 4 is 16.7 Å². The molecule has 32 heavy (non-hydrogen) atoms. The number of anilines is 1. The number of hydrogen-bond acceptors (Lipinski definition) is 4. The maximum Gasteiger partial charge on any atom is 0.418 e. The fourth-order valence-corrected chi connectivity index (χ4v) is 4.01. The average molecular weight is 440 g/mol. The maximum absolute atomic E-state index is 13.8. The van der Waals surface area contributed by atoms with Gasteiger partial charge >= 0.3 is 6.18 Å². The van der Waals surface area contributed by atoms with E-state index in [1.807, 2.05) is 24.3 Å². The molecule has 2 N–H and O–H groups in total. The number of fused-ring (bicyclic) bond motifs is 1. The molecule has 0 radical (unpaired) electrons. The molecule has 9 heteroatoms. The van der Waals surface area contributed by atoms with Gasteiger partial charge < -0.3 is 19.6 Å². The van der Waals surface area contributed by atoms with Crippen LogP contribution in [0.3, 0.4) is 0 Å². The second-order valence-corrected chi connectivity index (χ2v) is 7.58. The summed E-state index contributed by atoms with van der Waals surface area (Å²) in [6, 6.07) is 12.1. The largest absolute Gasteiger partial charge is 0.418 e. The van der Waals surface area contributed by atoms with Crippen molar-refractivity contribution < 1.29 is 17.9 Å². The van der Waals surface area contributed by atoms with Gasteiger partial charge in [-0.05, 0) is 29.8 Å². The molecule has 3 aromatic heterocycles. The van der Waals surface area contributed by atoms with Crippen molar-refractivity contribution in [2.75, 3.05) is 31.2 Å². The van der Waals surface area contributed by atoms with Crippen LogP contribution in [0.1, 0.15) is 5.56 Å². The van der Waals surface area contributed by atoms with Crippen LogP contribution in [0.4, 0.5) is 18.9 Å². The lowest BCUT2D eigenvalue weighted by molar-refractivity contribution is -0.137. The summed E-state index contributed by atoms with van der Waals surface area (Å²) in [4.78, 5) is 23.3. The Morgan fingerprint density at radius 1 is 1.03 bits per heavy atom. The van der Waals surface area contributed by atoms with Crippen molar-refractivity contribution in [3.05, 3.63) is 70.8 Å². The predicted octanol–water partition coefficient (Wildman–Crippen LogP) is 4.44. The number of nitrogens with zero attached hydrogens (tertiary/aromatic N) is 2. The van der Waals surface area contributed by atoms with E-state index in [-0.39, 0.29) is 16.7 Å². The number of aromatic amines is 2. The number of morpholine rings is 1. The van der Waals surface area contributed by atoms with Crippen molar-refractivity contribution in [2.45, 2.75) is 6.18 Å². The molecule has 164 valence electrons. The lowest BCUT2D eigenvalue weighted by atomic mass is 9.99. The summed E-state index contributed by atoms with van der Waals surface area (Å²) in [6.07, 6.45) is -2.48. The van der Waals surface area contributed by atoms with Gasteiger partial charge in [-0.15, -0.1) is 0 Å². The minimum absolute atomic E-state index is 0.0226. The third kappa shape index (κ3) is 3.75. The summed E-state index contributed by atoms with van der Waals surface area (Å²) in [7, 11) is 0. The highest BCUT2D eigenvalue weighted by Crippen LogP contribution is 2.41. The van der Waals surface area contributed by atoms with Crippen LogP contribution in [-0.2, 0) is 10.9 Å². The Morgan fingerprint density at radius 3 is 2.56 bits per heavy atom. The molecule has 0 saturated carbocycles. The van der Waals surface area contributed by atoms with Gasteiger partial charge in [0.15, 0.2) is 0 Å². The van der Waals surface area contributed by atoms with Crippen LogP contribution in [0.2, 0.25) is 0 Å². The van der Waals surface area contributed by atoms with Crippen molar-refractivity contribution in [1.82, 2.24) is 15.0 Å². The summed E-state index contributed by atoms with van der Waals surface area (Å²) in [5.41, 5.74) is 1.86. The standard InChI is InChI=1S/C23H19F3N4O2/c24-23(25,26)18-13-28-22-17(21(18)15-4-5-20(31)27-12-15)11-19(29-22)14-2-1-3-16(10-14)30-6-8-32-9-7-30/h1-5,10-13H,6-9H2,(H,27,31)(H,28,29). The van der Waals surface area contributed by atoms with Crippen LogP contribution in [-0.4, -0.2) is 41.3 Å². The van der Waals surface area contributed by atoms with Gasteiger partial charge in [-0.1, -0.05) is 12.1 Å². The van der Waals surface area contributed by atoms with Crippen molar-refractivity contribution in [3.8, 4) is 22.4 Å². The fraction of sp³-hybridized carbons (Fsp3) is 0.217. The zero-order valence-electron chi connectivity index (χ0n) is 16.9. The van der Waals surface area contributed by atoms with Gasteiger partial charge in [-0.3, -0.25) is 4.79 Å². The van der Waals surface area contributed by atoms with Gasteiger partial charge in [0.25, 0.3) is 0 Å². The van der Waals surface area contributed by atoms with Gasteiger partial charge in [0.2, 0.25) is 5.56 Å². The number of benzene rings is 1. The molecule has 4 heterocycles. The highest BCUT2D eigenvalue weighted by molar-refractivity contribution is 5.97. The zero-order chi connectivity index (χ0) is 22.3. The van der Waals surface area contributed by atoms with E-state index in [1.165, 1.54) is 18.3 Å². The number of rotatable bonds is 3. The first-order valence-electron chi connectivity index (χ1n) is 10.1. The van der Waals surface area contributed by atoms with E-state index < -0.39 is 11.7 Å². The highest BCUT2D eigenvalue weighted by atomic mass is 19.4. The number of aromatic nitrogens is 3. The molecule has 0 unspecified atom stereocenters. The van der Waals surface area contributed by atoms with Crippen LogP contribution in [0, 0.1) is 0 Å². The summed E-state index contributed by atoms with van der Waals surface area (Å²) >= 11 is 0. The number of pyridine rings is 2. The van der Waals surface area contributed by atoms with Crippen molar-refractivity contribution in [3.63, 3.8) is 0 Å². The number of hydrogen-bond donors (Lipinski definition) is 2.